The summed E-state index contributed by atoms with van der Waals surface area (Å²) in [4.78, 5) is 4.85. The molecular weight excluding hydrogens is 262 g/mol. The van der Waals surface area contributed by atoms with E-state index in [1.54, 1.807) is 0 Å². The van der Waals surface area contributed by atoms with Gasteiger partial charge in [0, 0.05) is 51.9 Å². The van der Waals surface area contributed by atoms with Gasteiger partial charge in [-0.25, -0.2) is 0 Å². The predicted molar refractivity (Wildman–Crippen MR) is 86.7 cm³/mol. The van der Waals surface area contributed by atoms with Gasteiger partial charge in [0.25, 0.3) is 0 Å². The molecule has 5 heteroatoms. The Morgan fingerprint density at radius 3 is 2.81 bits per heavy atom. The molecule has 3 rings (SSSR count). The van der Waals surface area contributed by atoms with Gasteiger partial charge in [0.05, 0.1) is 5.69 Å². The number of nitrogens with one attached hydrogen (secondary N) is 1. The first-order valence-corrected chi connectivity index (χ1v) is 8.25. The van der Waals surface area contributed by atoms with E-state index in [2.05, 4.69) is 41.2 Å². The van der Waals surface area contributed by atoms with E-state index in [1.165, 1.54) is 50.2 Å². The van der Waals surface area contributed by atoms with E-state index in [0.29, 0.717) is 6.04 Å². The third-order valence-electron chi connectivity index (χ3n) is 5.13. The summed E-state index contributed by atoms with van der Waals surface area (Å²) in [6.07, 6.45) is 5.44. The number of fused-ring (bicyclic) bond motifs is 1. The molecule has 1 N–H and O–H groups in total. The van der Waals surface area contributed by atoms with Crippen LogP contribution in [0, 0.1) is 6.92 Å². The summed E-state index contributed by atoms with van der Waals surface area (Å²) in [5.41, 5.74) is 2.49. The predicted octanol–water partition coefficient (Wildman–Crippen LogP) is 1.51. The highest BCUT2D eigenvalue weighted by molar-refractivity contribution is 5.48. The van der Waals surface area contributed by atoms with Gasteiger partial charge in [0.15, 0.2) is 0 Å². The molecule has 2 aliphatic heterocycles. The Morgan fingerprint density at radius 2 is 2.05 bits per heavy atom. The lowest BCUT2D eigenvalue weighted by Crippen LogP contribution is -2.44. The molecule has 3 heterocycles. The Kier molecular flexibility index (Phi) is 4.22. The van der Waals surface area contributed by atoms with Crippen LogP contribution in [0.2, 0.25) is 0 Å². The average molecular weight is 291 g/mol. The van der Waals surface area contributed by atoms with Crippen LogP contribution in [0.3, 0.4) is 0 Å². The molecule has 2 atom stereocenters. The highest BCUT2D eigenvalue weighted by atomic mass is 15.4. The van der Waals surface area contributed by atoms with Gasteiger partial charge in [-0.1, -0.05) is 6.42 Å². The Morgan fingerprint density at radius 1 is 1.24 bits per heavy atom. The number of hydrogen-bond acceptors (Lipinski definition) is 4. The third-order valence-corrected chi connectivity index (χ3v) is 5.13. The fourth-order valence-corrected chi connectivity index (χ4v) is 4.17. The van der Waals surface area contributed by atoms with Crippen LogP contribution in [0.5, 0.6) is 0 Å². The molecule has 2 fully saturated rings. The van der Waals surface area contributed by atoms with Crippen LogP contribution in [0.15, 0.2) is 0 Å². The molecule has 0 bridgehead atoms. The van der Waals surface area contributed by atoms with E-state index >= 15 is 0 Å². The van der Waals surface area contributed by atoms with Crippen LogP contribution in [0.4, 0.5) is 5.82 Å². The lowest BCUT2D eigenvalue weighted by Gasteiger charge is -2.32. The van der Waals surface area contributed by atoms with Crippen molar-refractivity contribution in [2.75, 3.05) is 32.1 Å². The van der Waals surface area contributed by atoms with E-state index in [4.69, 9.17) is 0 Å². The van der Waals surface area contributed by atoms with Crippen molar-refractivity contribution < 1.29 is 0 Å². The Bertz CT molecular complexity index is 493. The van der Waals surface area contributed by atoms with E-state index in [-0.39, 0.29) is 0 Å². The van der Waals surface area contributed by atoms with Gasteiger partial charge < -0.3 is 10.2 Å². The highest BCUT2D eigenvalue weighted by Crippen LogP contribution is 2.28. The monoisotopic (exact) mass is 291 g/mol. The molecule has 2 aliphatic rings. The van der Waals surface area contributed by atoms with Gasteiger partial charge in [-0.3, -0.25) is 9.58 Å². The van der Waals surface area contributed by atoms with Crippen LogP contribution in [0.25, 0.3) is 0 Å². The maximum absolute atomic E-state index is 4.58. The van der Waals surface area contributed by atoms with Gasteiger partial charge in [-0.2, -0.15) is 5.10 Å². The first-order valence-electron chi connectivity index (χ1n) is 8.25. The summed E-state index contributed by atoms with van der Waals surface area (Å²) in [7, 11) is 6.22. The number of rotatable bonds is 4. The lowest BCUT2D eigenvalue weighted by molar-refractivity contribution is 0.180. The largest absolute Gasteiger partial charge is 0.363 e. The number of aromatic nitrogens is 2. The van der Waals surface area contributed by atoms with Gasteiger partial charge in [0.1, 0.15) is 5.82 Å². The van der Waals surface area contributed by atoms with Crippen molar-refractivity contribution in [3.05, 3.63) is 11.3 Å². The second-order valence-electron chi connectivity index (χ2n) is 6.78. The number of anilines is 1. The minimum atomic E-state index is 0.653. The fraction of sp³-hybridized carbons (Fsp3) is 0.812. The van der Waals surface area contributed by atoms with Gasteiger partial charge >= 0.3 is 0 Å². The summed E-state index contributed by atoms with van der Waals surface area (Å²) in [6.45, 7) is 5.63. The molecule has 0 saturated carbocycles. The zero-order valence-electron chi connectivity index (χ0n) is 13.9. The zero-order chi connectivity index (χ0) is 15.0. The molecule has 2 unspecified atom stereocenters. The van der Waals surface area contributed by atoms with Crippen molar-refractivity contribution in [2.24, 2.45) is 7.05 Å². The van der Waals surface area contributed by atoms with Crippen molar-refractivity contribution in [2.45, 2.75) is 51.2 Å². The van der Waals surface area contributed by atoms with Crippen LogP contribution < -0.4 is 10.2 Å². The second kappa shape index (κ2) is 5.97. The normalized spacial score (nSPS) is 26.1. The summed E-state index contributed by atoms with van der Waals surface area (Å²) < 4.78 is 1.99. The maximum Gasteiger partial charge on any atom is 0.130 e. The van der Waals surface area contributed by atoms with Crippen LogP contribution in [-0.4, -0.2) is 53.9 Å². The summed E-state index contributed by atoms with van der Waals surface area (Å²) in [6, 6.07) is 1.42. The summed E-state index contributed by atoms with van der Waals surface area (Å²) >= 11 is 0. The Labute approximate surface area is 128 Å². The molecular formula is C16H29N5. The molecule has 5 nitrogen and oxygen atoms in total. The molecule has 21 heavy (non-hydrogen) atoms. The molecule has 0 aromatic carbocycles. The lowest BCUT2D eigenvalue weighted by atomic mass is 9.99. The highest BCUT2D eigenvalue weighted by Gasteiger charge is 2.35. The fourth-order valence-electron chi connectivity index (χ4n) is 4.17. The zero-order valence-corrected chi connectivity index (χ0v) is 13.9. The number of piperidine rings is 1. The Balaban J connectivity index is 1.68. The molecule has 1 aromatic heterocycles. The molecule has 0 spiro atoms. The van der Waals surface area contributed by atoms with Gasteiger partial charge in [-0.05, 0) is 32.7 Å². The van der Waals surface area contributed by atoms with E-state index in [0.717, 1.165) is 18.3 Å². The van der Waals surface area contributed by atoms with Crippen LogP contribution in [-0.2, 0) is 13.6 Å². The van der Waals surface area contributed by atoms with Crippen LogP contribution in [0.1, 0.15) is 36.9 Å². The SMILES string of the molecule is Cc1nn(C)c(N(C)C)c1CNC1CCN2CCCCC12. The van der Waals surface area contributed by atoms with E-state index in [9.17, 15) is 0 Å². The maximum atomic E-state index is 4.58. The van der Waals surface area contributed by atoms with Crippen molar-refractivity contribution >= 4 is 5.82 Å². The Hall–Kier alpha value is -1.07. The second-order valence-corrected chi connectivity index (χ2v) is 6.78. The average Bonchev–Trinajstić information content (AvgIpc) is 2.97. The van der Waals surface area contributed by atoms with E-state index in [1.807, 2.05) is 11.7 Å². The van der Waals surface area contributed by atoms with Crippen molar-refractivity contribution in [3.63, 3.8) is 0 Å². The van der Waals surface area contributed by atoms with Crippen LogP contribution >= 0.6 is 0 Å². The van der Waals surface area contributed by atoms with Crippen molar-refractivity contribution in [1.82, 2.24) is 20.0 Å². The first kappa shape index (κ1) is 14.9. The quantitative estimate of drug-likeness (QED) is 0.912. The molecule has 1 aromatic rings. The van der Waals surface area contributed by atoms with Crippen molar-refractivity contribution in [1.29, 1.82) is 0 Å². The third kappa shape index (κ3) is 2.81. The molecule has 0 aliphatic carbocycles. The minimum Gasteiger partial charge on any atom is -0.363 e. The smallest absolute Gasteiger partial charge is 0.130 e. The minimum absolute atomic E-state index is 0.653. The van der Waals surface area contributed by atoms with Crippen molar-refractivity contribution in [3.8, 4) is 0 Å². The summed E-state index contributed by atoms with van der Waals surface area (Å²) in [5.74, 6) is 1.22. The number of aryl methyl sites for hydroxylation is 2. The molecule has 118 valence electrons. The number of hydrogen-bond donors (Lipinski definition) is 1. The topological polar surface area (TPSA) is 36.3 Å². The number of nitrogens with zero attached hydrogens (tertiary/aromatic N) is 4. The van der Waals surface area contributed by atoms with Gasteiger partial charge in [0.2, 0.25) is 0 Å². The van der Waals surface area contributed by atoms with Gasteiger partial charge in [-0.15, -0.1) is 0 Å². The molecule has 0 amide bonds. The first-order chi connectivity index (χ1) is 10.1. The molecule has 2 saturated heterocycles. The standard InChI is InChI=1S/C16H29N5/c1-12-13(16(19(2)3)20(4)18-12)11-17-14-8-10-21-9-6-5-7-15(14)21/h14-15,17H,5-11H2,1-4H3. The van der Waals surface area contributed by atoms with E-state index < -0.39 is 0 Å². The molecule has 0 radical (unpaired) electrons. The summed E-state index contributed by atoms with van der Waals surface area (Å²) in [5, 5.41) is 8.41.